The Morgan fingerprint density at radius 1 is 1.37 bits per heavy atom. The SMILES string of the molecule is CC(O)CN(C)CC(=O)Nc1cccc(C(C)C)c1. The molecule has 0 saturated heterocycles. The molecule has 1 unspecified atom stereocenters. The number of carbonyl (C=O) groups is 1. The number of amides is 1. The fourth-order valence-electron chi connectivity index (χ4n) is 1.94. The van der Waals surface area contributed by atoms with Crippen molar-refractivity contribution in [1.82, 2.24) is 4.90 Å². The molecule has 0 aliphatic heterocycles. The molecule has 0 bridgehead atoms. The van der Waals surface area contributed by atoms with Gasteiger partial charge in [0, 0.05) is 12.2 Å². The van der Waals surface area contributed by atoms with E-state index in [1.807, 2.05) is 25.2 Å². The Kier molecular flexibility index (Phi) is 5.99. The van der Waals surface area contributed by atoms with Crippen molar-refractivity contribution in [2.24, 2.45) is 0 Å². The molecule has 1 amide bonds. The summed E-state index contributed by atoms with van der Waals surface area (Å²) in [7, 11) is 1.82. The molecule has 19 heavy (non-hydrogen) atoms. The summed E-state index contributed by atoms with van der Waals surface area (Å²) in [5, 5.41) is 12.1. The van der Waals surface area contributed by atoms with E-state index in [-0.39, 0.29) is 12.5 Å². The van der Waals surface area contributed by atoms with E-state index in [0.717, 1.165) is 5.69 Å². The highest BCUT2D eigenvalue weighted by Gasteiger charge is 2.09. The van der Waals surface area contributed by atoms with Crippen molar-refractivity contribution < 1.29 is 9.90 Å². The van der Waals surface area contributed by atoms with Crippen LogP contribution in [-0.4, -0.2) is 42.2 Å². The molecule has 1 aromatic carbocycles. The summed E-state index contributed by atoms with van der Waals surface area (Å²) in [6.07, 6.45) is -0.429. The standard InChI is InChI=1S/C15H24N2O2/c1-11(2)13-6-5-7-14(8-13)16-15(19)10-17(4)9-12(3)18/h5-8,11-12,18H,9-10H2,1-4H3,(H,16,19). The summed E-state index contributed by atoms with van der Waals surface area (Å²) in [5.74, 6) is 0.374. The lowest BCUT2D eigenvalue weighted by molar-refractivity contribution is -0.117. The number of hydrogen-bond donors (Lipinski definition) is 2. The predicted octanol–water partition coefficient (Wildman–Crippen LogP) is 2.06. The van der Waals surface area contributed by atoms with Crippen molar-refractivity contribution in [2.45, 2.75) is 32.8 Å². The van der Waals surface area contributed by atoms with Crippen molar-refractivity contribution in [2.75, 3.05) is 25.5 Å². The molecule has 2 N–H and O–H groups in total. The van der Waals surface area contributed by atoms with Crippen molar-refractivity contribution >= 4 is 11.6 Å². The first-order valence-electron chi connectivity index (χ1n) is 6.65. The average molecular weight is 264 g/mol. The zero-order valence-corrected chi connectivity index (χ0v) is 12.2. The zero-order valence-electron chi connectivity index (χ0n) is 12.2. The number of rotatable bonds is 6. The second kappa shape index (κ2) is 7.26. The second-order valence-electron chi connectivity index (χ2n) is 5.37. The highest BCUT2D eigenvalue weighted by Crippen LogP contribution is 2.18. The molecule has 4 heteroatoms. The minimum Gasteiger partial charge on any atom is -0.392 e. The van der Waals surface area contributed by atoms with Crippen LogP contribution >= 0.6 is 0 Å². The molecule has 0 spiro atoms. The summed E-state index contributed by atoms with van der Waals surface area (Å²) < 4.78 is 0. The number of anilines is 1. The third-order valence-corrected chi connectivity index (χ3v) is 2.83. The molecule has 0 aliphatic rings. The first-order chi connectivity index (χ1) is 8.88. The van der Waals surface area contributed by atoms with Gasteiger partial charge in [0.05, 0.1) is 12.6 Å². The van der Waals surface area contributed by atoms with Gasteiger partial charge in [-0.2, -0.15) is 0 Å². The van der Waals surface area contributed by atoms with Crippen LogP contribution in [0.5, 0.6) is 0 Å². The molecular formula is C15H24N2O2. The number of likely N-dealkylation sites (N-methyl/N-ethyl adjacent to an activating group) is 1. The number of hydrogen-bond acceptors (Lipinski definition) is 3. The number of aliphatic hydroxyl groups is 1. The number of benzene rings is 1. The van der Waals surface area contributed by atoms with Gasteiger partial charge in [-0.05, 0) is 37.6 Å². The molecule has 0 radical (unpaired) electrons. The van der Waals surface area contributed by atoms with Gasteiger partial charge >= 0.3 is 0 Å². The third-order valence-electron chi connectivity index (χ3n) is 2.83. The number of nitrogens with one attached hydrogen (secondary N) is 1. The third kappa shape index (κ3) is 5.85. The van der Waals surface area contributed by atoms with E-state index in [1.54, 1.807) is 11.8 Å². The Morgan fingerprint density at radius 3 is 2.63 bits per heavy atom. The highest BCUT2D eigenvalue weighted by atomic mass is 16.3. The van der Waals surface area contributed by atoms with E-state index in [4.69, 9.17) is 0 Å². The molecule has 106 valence electrons. The van der Waals surface area contributed by atoms with Crippen LogP contribution in [0.25, 0.3) is 0 Å². The van der Waals surface area contributed by atoms with Crippen LogP contribution in [0.3, 0.4) is 0 Å². The Morgan fingerprint density at radius 2 is 2.05 bits per heavy atom. The first-order valence-corrected chi connectivity index (χ1v) is 6.65. The van der Waals surface area contributed by atoms with Gasteiger partial charge in [-0.15, -0.1) is 0 Å². The zero-order chi connectivity index (χ0) is 14.4. The average Bonchev–Trinajstić information content (AvgIpc) is 2.27. The molecule has 0 aliphatic carbocycles. The predicted molar refractivity (Wildman–Crippen MR) is 78.3 cm³/mol. The monoisotopic (exact) mass is 264 g/mol. The van der Waals surface area contributed by atoms with Gasteiger partial charge in [0.15, 0.2) is 0 Å². The molecule has 0 heterocycles. The summed E-state index contributed by atoms with van der Waals surface area (Å²) in [6, 6.07) is 7.89. The maximum atomic E-state index is 11.9. The topological polar surface area (TPSA) is 52.6 Å². The summed E-state index contributed by atoms with van der Waals surface area (Å²) in [6.45, 7) is 6.71. The fraction of sp³-hybridized carbons (Fsp3) is 0.533. The largest absolute Gasteiger partial charge is 0.392 e. The first kappa shape index (κ1) is 15.7. The van der Waals surface area contributed by atoms with E-state index >= 15 is 0 Å². The van der Waals surface area contributed by atoms with Gasteiger partial charge in [0.1, 0.15) is 0 Å². The molecule has 4 nitrogen and oxygen atoms in total. The molecule has 0 aromatic heterocycles. The maximum absolute atomic E-state index is 11.9. The van der Waals surface area contributed by atoms with E-state index in [0.29, 0.717) is 12.5 Å². The Bertz CT molecular complexity index is 416. The van der Waals surface area contributed by atoms with Crippen molar-refractivity contribution in [3.63, 3.8) is 0 Å². The van der Waals surface area contributed by atoms with Crippen LogP contribution in [0.15, 0.2) is 24.3 Å². The number of carbonyl (C=O) groups excluding carboxylic acids is 1. The second-order valence-corrected chi connectivity index (χ2v) is 5.37. The molecule has 1 aromatic rings. The van der Waals surface area contributed by atoms with Gasteiger partial charge in [-0.3, -0.25) is 9.69 Å². The molecule has 1 rings (SSSR count). The molecule has 0 saturated carbocycles. The van der Waals surface area contributed by atoms with Crippen LogP contribution in [0.2, 0.25) is 0 Å². The van der Waals surface area contributed by atoms with Crippen LogP contribution in [0.4, 0.5) is 5.69 Å². The van der Waals surface area contributed by atoms with Crippen LogP contribution in [0, 0.1) is 0 Å². The number of aliphatic hydroxyl groups excluding tert-OH is 1. The quantitative estimate of drug-likeness (QED) is 0.827. The van der Waals surface area contributed by atoms with Gasteiger partial charge in [0.2, 0.25) is 5.91 Å². The highest BCUT2D eigenvalue weighted by molar-refractivity contribution is 5.92. The normalized spacial score (nSPS) is 12.8. The van der Waals surface area contributed by atoms with E-state index in [1.165, 1.54) is 5.56 Å². The summed E-state index contributed by atoms with van der Waals surface area (Å²) >= 11 is 0. The lowest BCUT2D eigenvalue weighted by Crippen LogP contribution is -2.34. The van der Waals surface area contributed by atoms with Gasteiger partial charge < -0.3 is 10.4 Å². The Labute approximate surface area is 115 Å². The molecule has 1 atom stereocenters. The van der Waals surface area contributed by atoms with E-state index < -0.39 is 6.10 Å². The molecule has 0 fully saturated rings. The minimum atomic E-state index is -0.429. The fourth-order valence-corrected chi connectivity index (χ4v) is 1.94. The van der Waals surface area contributed by atoms with Crippen LogP contribution < -0.4 is 5.32 Å². The summed E-state index contributed by atoms with van der Waals surface area (Å²) in [5.41, 5.74) is 2.02. The van der Waals surface area contributed by atoms with Crippen LogP contribution in [-0.2, 0) is 4.79 Å². The maximum Gasteiger partial charge on any atom is 0.238 e. The smallest absolute Gasteiger partial charge is 0.238 e. The van der Waals surface area contributed by atoms with Gasteiger partial charge in [0.25, 0.3) is 0 Å². The minimum absolute atomic E-state index is 0.0657. The van der Waals surface area contributed by atoms with E-state index in [2.05, 4.69) is 25.2 Å². The Balaban J connectivity index is 2.54. The number of nitrogens with zero attached hydrogens (tertiary/aromatic N) is 1. The van der Waals surface area contributed by atoms with Crippen LogP contribution in [0.1, 0.15) is 32.3 Å². The Hall–Kier alpha value is -1.39. The lowest BCUT2D eigenvalue weighted by Gasteiger charge is -2.18. The van der Waals surface area contributed by atoms with Crippen molar-refractivity contribution in [1.29, 1.82) is 0 Å². The van der Waals surface area contributed by atoms with Gasteiger partial charge in [-0.25, -0.2) is 0 Å². The molecular weight excluding hydrogens is 240 g/mol. The van der Waals surface area contributed by atoms with E-state index in [9.17, 15) is 9.90 Å². The van der Waals surface area contributed by atoms with Gasteiger partial charge in [-0.1, -0.05) is 26.0 Å². The van der Waals surface area contributed by atoms with Crippen molar-refractivity contribution in [3.8, 4) is 0 Å². The lowest BCUT2D eigenvalue weighted by atomic mass is 10.0. The van der Waals surface area contributed by atoms with Crippen molar-refractivity contribution in [3.05, 3.63) is 29.8 Å². The summed E-state index contributed by atoms with van der Waals surface area (Å²) in [4.78, 5) is 13.6.